The first-order valence-electron chi connectivity index (χ1n) is 4.91. The molecule has 0 atom stereocenters. The summed E-state index contributed by atoms with van der Waals surface area (Å²) in [7, 11) is 0. The quantitative estimate of drug-likeness (QED) is 0.892. The van der Waals surface area contributed by atoms with Gasteiger partial charge in [0.05, 0.1) is 11.9 Å². The first-order chi connectivity index (χ1) is 7.72. The van der Waals surface area contributed by atoms with E-state index < -0.39 is 0 Å². The van der Waals surface area contributed by atoms with Crippen LogP contribution in [0.1, 0.15) is 5.56 Å². The van der Waals surface area contributed by atoms with E-state index in [1.54, 1.807) is 24.3 Å². The third-order valence-electron chi connectivity index (χ3n) is 2.25. The summed E-state index contributed by atoms with van der Waals surface area (Å²) in [6.07, 6.45) is 1.97. The molecule has 1 heterocycles. The van der Waals surface area contributed by atoms with E-state index in [4.69, 9.17) is 17.3 Å². The number of benzene rings is 1. The van der Waals surface area contributed by atoms with Crippen LogP contribution >= 0.6 is 11.6 Å². The minimum atomic E-state index is -0.382. The van der Waals surface area contributed by atoms with Crippen molar-refractivity contribution in [2.24, 2.45) is 5.73 Å². The Labute approximate surface area is 97.6 Å². The highest BCUT2D eigenvalue weighted by Gasteiger charge is 2.10. The lowest BCUT2D eigenvalue weighted by Crippen LogP contribution is -2.05. The highest BCUT2D eigenvalue weighted by molar-refractivity contribution is 6.30. The van der Waals surface area contributed by atoms with Gasteiger partial charge in [-0.15, -0.1) is 0 Å². The van der Waals surface area contributed by atoms with Crippen molar-refractivity contribution in [3.05, 3.63) is 47.0 Å². The van der Waals surface area contributed by atoms with Gasteiger partial charge in [0.25, 0.3) is 0 Å². The predicted molar refractivity (Wildman–Crippen MR) is 61.3 cm³/mol. The molecule has 3 nitrogen and oxygen atoms in total. The molecule has 2 aromatic rings. The van der Waals surface area contributed by atoms with Crippen molar-refractivity contribution in [1.82, 2.24) is 9.78 Å². The lowest BCUT2D eigenvalue weighted by molar-refractivity contribution is 0.526. The van der Waals surface area contributed by atoms with Gasteiger partial charge in [0, 0.05) is 10.6 Å². The van der Waals surface area contributed by atoms with E-state index in [0.717, 1.165) is 0 Å². The van der Waals surface area contributed by atoms with Gasteiger partial charge in [-0.25, -0.2) is 4.68 Å². The summed E-state index contributed by atoms with van der Waals surface area (Å²) in [5.41, 5.74) is 6.50. The lowest BCUT2D eigenvalue weighted by Gasteiger charge is -2.02. The number of aromatic nitrogens is 2. The third kappa shape index (κ3) is 2.08. The number of halogens is 2. The van der Waals surface area contributed by atoms with Crippen LogP contribution in [0.25, 0.3) is 5.69 Å². The minimum absolute atomic E-state index is 0.382. The second-order valence-electron chi connectivity index (χ2n) is 3.39. The zero-order valence-corrected chi connectivity index (χ0v) is 9.28. The van der Waals surface area contributed by atoms with Crippen LogP contribution in [0.3, 0.4) is 0 Å². The molecule has 0 radical (unpaired) electrons. The van der Waals surface area contributed by atoms with E-state index in [9.17, 15) is 4.39 Å². The van der Waals surface area contributed by atoms with Crippen LogP contribution in [-0.2, 0) is 6.42 Å². The normalized spacial score (nSPS) is 10.7. The number of hydrogen-bond donors (Lipinski definition) is 1. The molecule has 2 rings (SSSR count). The van der Waals surface area contributed by atoms with E-state index in [1.807, 2.05) is 0 Å². The Bertz CT molecular complexity index is 496. The van der Waals surface area contributed by atoms with Gasteiger partial charge in [0.2, 0.25) is 5.95 Å². The maximum Gasteiger partial charge on any atom is 0.219 e. The SMILES string of the molecule is NCCc1cnn(-c2cccc(Cl)c2)c1F. The maximum atomic E-state index is 13.8. The molecule has 0 fully saturated rings. The molecular weight excluding hydrogens is 229 g/mol. The van der Waals surface area contributed by atoms with Gasteiger partial charge in [-0.3, -0.25) is 0 Å². The highest BCUT2D eigenvalue weighted by Crippen LogP contribution is 2.17. The summed E-state index contributed by atoms with van der Waals surface area (Å²) in [4.78, 5) is 0. The van der Waals surface area contributed by atoms with Crippen LogP contribution in [0.15, 0.2) is 30.5 Å². The van der Waals surface area contributed by atoms with Crippen molar-refractivity contribution < 1.29 is 4.39 Å². The molecule has 0 saturated carbocycles. The molecule has 0 aliphatic heterocycles. The first-order valence-corrected chi connectivity index (χ1v) is 5.28. The number of nitrogens with two attached hydrogens (primary N) is 1. The van der Waals surface area contributed by atoms with E-state index in [-0.39, 0.29) is 5.95 Å². The second kappa shape index (κ2) is 4.63. The standard InChI is InChI=1S/C11H11ClFN3/c12-9-2-1-3-10(6-9)16-11(13)8(4-5-14)7-15-16/h1-3,6-7H,4-5,14H2. The second-order valence-corrected chi connectivity index (χ2v) is 3.83. The average molecular weight is 240 g/mol. The molecule has 0 saturated heterocycles. The van der Waals surface area contributed by atoms with Crippen LogP contribution < -0.4 is 5.73 Å². The molecule has 1 aromatic carbocycles. The minimum Gasteiger partial charge on any atom is -0.330 e. The third-order valence-corrected chi connectivity index (χ3v) is 2.48. The van der Waals surface area contributed by atoms with Crippen molar-refractivity contribution in [1.29, 1.82) is 0 Å². The smallest absolute Gasteiger partial charge is 0.219 e. The van der Waals surface area contributed by atoms with Gasteiger partial charge in [0.15, 0.2) is 0 Å². The topological polar surface area (TPSA) is 43.8 Å². The fraction of sp³-hybridized carbons (Fsp3) is 0.182. The number of nitrogens with zero attached hydrogens (tertiary/aromatic N) is 2. The molecule has 1 aromatic heterocycles. The Morgan fingerprint density at radius 2 is 2.25 bits per heavy atom. The van der Waals surface area contributed by atoms with Crippen LogP contribution in [0.4, 0.5) is 4.39 Å². The molecule has 5 heteroatoms. The van der Waals surface area contributed by atoms with Crippen molar-refractivity contribution >= 4 is 11.6 Å². The molecule has 0 unspecified atom stereocenters. The summed E-state index contributed by atoms with van der Waals surface area (Å²) in [5.74, 6) is -0.382. The van der Waals surface area contributed by atoms with Gasteiger partial charge in [-0.2, -0.15) is 9.49 Å². The zero-order valence-electron chi connectivity index (χ0n) is 8.53. The van der Waals surface area contributed by atoms with Gasteiger partial charge in [-0.05, 0) is 31.2 Å². The van der Waals surface area contributed by atoms with Crippen molar-refractivity contribution in [3.8, 4) is 5.69 Å². The van der Waals surface area contributed by atoms with Crippen LogP contribution in [0, 0.1) is 5.95 Å². The molecule has 0 aliphatic carbocycles. The monoisotopic (exact) mass is 239 g/mol. The van der Waals surface area contributed by atoms with Gasteiger partial charge >= 0.3 is 0 Å². The molecule has 0 spiro atoms. The van der Waals surface area contributed by atoms with Crippen LogP contribution in [0.5, 0.6) is 0 Å². The Morgan fingerprint density at radius 3 is 2.94 bits per heavy atom. The Hall–Kier alpha value is -1.39. The number of rotatable bonds is 3. The number of hydrogen-bond acceptors (Lipinski definition) is 2. The van der Waals surface area contributed by atoms with Gasteiger partial charge in [0.1, 0.15) is 0 Å². The van der Waals surface area contributed by atoms with Gasteiger partial charge < -0.3 is 5.73 Å². The summed E-state index contributed by atoms with van der Waals surface area (Å²) in [6.45, 7) is 0.401. The molecule has 0 amide bonds. The summed E-state index contributed by atoms with van der Waals surface area (Å²) >= 11 is 5.83. The largest absolute Gasteiger partial charge is 0.330 e. The van der Waals surface area contributed by atoms with Crippen molar-refractivity contribution in [2.45, 2.75) is 6.42 Å². The van der Waals surface area contributed by atoms with Crippen molar-refractivity contribution in [2.75, 3.05) is 6.54 Å². The Kier molecular flexibility index (Phi) is 3.22. The van der Waals surface area contributed by atoms with Crippen molar-refractivity contribution in [3.63, 3.8) is 0 Å². The highest BCUT2D eigenvalue weighted by atomic mass is 35.5. The molecule has 84 valence electrons. The molecule has 16 heavy (non-hydrogen) atoms. The summed E-state index contributed by atoms with van der Waals surface area (Å²) in [5, 5.41) is 4.52. The predicted octanol–water partition coefficient (Wildman–Crippen LogP) is 2.17. The molecule has 2 N–H and O–H groups in total. The zero-order chi connectivity index (χ0) is 11.5. The van der Waals surface area contributed by atoms with E-state index in [0.29, 0.717) is 29.2 Å². The molecule has 0 bridgehead atoms. The molecule has 0 aliphatic rings. The Balaban J connectivity index is 2.41. The fourth-order valence-corrected chi connectivity index (χ4v) is 1.66. The summed E-state index contributed by atoms with van der Waals surface area (Å²) in [6, 6.07) is 6.88. The summed E-state index contributed by atoms with van der Waals surface area (Å²) < 4.78 is 15.1. The maximum absolute atomic E-state index is 13.8. The first kappa shape index (κ1) is 11.1. The lowest BCUT2D eigenvalue weighted by atomic mass is 10.2. The molecular formula is C11H11ClFN3. The van der Waals surface area contributed by atoms with E-state index in [1.165, 1.54) is 10.9 Å². The van der Waals surface area contributed by atoms with E-state index in [2.05, 4.69) is 5.10 Å². The fourth-order valence-electron chi connectivity index (χ4n) is 1.48. The van der Waals surface area contributed by atoms with Crippen LogP contribution in [-0.4, -0.2) is 16.3 Å². The van der Waals surface area contributed by atoms with E-state index >= 15 is 0 Å². The van der Waals surface area contributed by atoms with Gasteiger partial charge in [-0.1, -0.05) is 17.7 Å². The Morgan fingerprint density at radius 1 is 1.44 bits per heavy atom. The average Bonchev–Trinajstić information content (AvgIpc) is 2.61. The van der Waals surface area contributed by atoms with Crippen LogP contribution in [0.2, 0.25) is 5.02 Å².